The number of hydrogen-bond acceptors (Lipinski definition) is 3. The smallest absolute Gasteiger partial charge is 0.409 e. The largest absolute Gasteiger partial charge is 0.448 e. The minimum absolute atomic E-state index is 0.0173. The second-order valence-electron chi connectivity index (χ2n) is 8.65. The number of benzene rings is 3. The lowest BCUT2D eigenvalue weighted by molar-refractivity contribution is -0.118. The Hall–Kier alpha value is -2.82. The van der Waals surface area contributed by atoms with Gasteiger partial charge >= 0.3 is 6.09 Å². The molecule has 1 aliphatic carbocycles. The summed E-state index contributed by atoms with van der Waals surface area (Å²) in [5.41, 5.74) is 4.77. The average molecular weight is 480 g/mol. The van der Waals surface area contributed by atoms with Crippen LogP contribution in [0.25, 0.3) is 11.1 Å². The van der Waals surface area contributed by atoms with Crippen LogP contribution in [-0.2, 0) is 14.9 Å². The summed E-state index contributed by atoms with van der Waals surface area (Å²) in [7, 11) is 0. The summed E-state index contributed by atoms with van der Waals surface area (Å²) >= 11 is 12.1. The summed E-state index contributed by atoms with van der Waals surface area (Å²) in [6.45, 7) is 1.08. The first-order chi connectivity index (χ1) is 16.0. The van der Waals surface area contributed by atoms with E-state index in [9.17, 15) is 9.59 Å². The molecule has 33 heavy (non-hydrogen) atoms. The van der Waals surface area contributed by atoms with Crippen LogP contribution in [0.2, 0.25) is 5.02 Å². The number of rotatable bonds is 4. The monoisotopic (exact) mass is 479 g/mol. The number of hydrogen-bond donors (Lipinski definition) is 0. The highest BCUT2D eigenvalue weighted by atomic mass is 35.5. The molecule has 0 spiro atoms. The van der Waals surface area contributed by atoms with Crippen molar-refractivity contribution in [3.05, 3.63) is 94.5 Å². The zero-order valence-electron chi connectivity index (χ0n) is 18.0. The molecule has 0 aromatic heterocycles. The minimum atomic E-state index is -0.813. The van der Waals surface area contributed by atoms with Crippen LogP contribution in [0.5, 0.6) is 0 Å². The van der Waals surface area contributed by atoms with Crippen molar-refractivity contribution in [2.24, 2.45) is 0 Å². The third kappa shape index (κ3) is 3.92. The number of ether oxygens (including phenoxy) is 1. The fraction of sp³-hybridized carbons (Fsp3) is 0.259. The molecular formula is C27H23Cl2NO3. The van der Waals surface area contributed by atoms with Gasteiger partial charge < -0.3 is 9.64 Å². The SMILES string of the molecule is O=C(OCC1c2ccccc2-c2ccccc21)N1CCC(C(=O)Cl)(c2ccc(Cl)cc2)CC1. The van der Waals surface area contributed by atoms with Crippen LogP contribution in [0.4, 0.5) is 4.79 Å². The van der Waals surface area contributed by atoms with Crippen molar-refractivity contribution in [1.29, 1.82) is 0 Å². The van der Waals surface area contributed by atoms with E-state index >= 15 is 0 Å². The molecule has 3 aromatic carbocycles. The molecule has 0 atom stereocenters. The fourth-order valence-electron chi connectivity index (χ4n) is 5.12. The van der Waals surface area contributed by atoms with Crippen molar-refractivity contribution in [2.45, 2.75) is 24.2 Å². The molecule has 1 saturated heterocycles. The van der Waals surface area contributed by atoms with Gasteiger partial charge in [-0.05, 0) is 64.4 Å². The lowest BCUT2D eigenvalue weighted by Crippen LogP contribution is -2.48. The maximum absolute atomic E-state index is 12.9. The number of carbonyl (C=O) groups excluding carboxylic acids is 2. The van der Waals surface area contributed by atoms with Crippen LogP contribution in [0.15, 0.2) is 72.8 Å². The molecular weight excluding hydrogens is 457 g/mol. The molecule has 0 saturated carbocycles. The molecule has 1 heterocycles. The predicted molar refractivity (Wildman–Crippen MR) is 130 cm³/mol. The lowest BCUT2D eigenvalue weighted by Gasteiger charge is -2.39. The van der Waals surface area contributed by atoms with Crippen molar-refractivity contribution in [2.75, 3.05) is 19.7 Å². The Morgan fingerprint density at radius 2 is 1.42 bits per heavy atom. The molecule has 168 valence electrons. The molecule has 1 fully saturated rings. The van der Waals surface area contributed by atoms with Crippen LogP contribution in [-0.4, -0.2) is 35.9 Å². The molecule has 5 rings (SSSR count). The Bertz CT molecular complexity index is 1150. The summed E-state index contributed by atoms with van der Waals surface area (Å²) < 4.78 is 5.78. The average Bonchev–Trinajstić information content (AvgIpc) is 3.16. The van der Waals surface area contributed by atoms with Gasteiger partial charge in [0.15, 0.2) is 0 Å². The van der Waals surface area contributed by atoms with Crippen LogP contribution in [0, 0.1) is 0 Å². The fourth-order valence-corrected chi connectivity index (χ4v) is 5.55. The van der Waals surface area contributed by atoms with Gasteiger partial charge in [-0.3, -0.25) is 4.79 Å². The Balaban J connectivity index is 1.27. The number of piperidine rings is 1. The number of nitrogens with zero attached hydrogens (tertiary/aromatic N) is 1. The molecule has 0 N–H and O–H groups in total. The van der Waals surface area contributed by atoms with Crippen LogP contribution >= 0.6 is 23.2 Å². The highest BCUT2D eigenvalue weighted by Crippen LogP contribution is 2.44. The maximum Gasteiger partial charge on any atom is 0.409 e. The third-order valence-corrected chi connectivity index (χ3v) is 7.60. The number of likely N-dealkylation sites (tertiary alicyclic amines) is 1. The summed E-state index contributed by atoms with van der Waals surface area (Å²) in [5, 5.41) is 0.198. The standard InChI is InChI=1S/C27H23Cl2NO3/c28-19-11-9-18(10-12-19)27(25(29)31)13-15-30(16-14-27)26(32)33-17-24-22-7-3-1-5-20(22)21-6-2-4-8-23(21)24/h1-12,24H,13-17H2. The van der Waals surface area contributed by atoms with Crippen LogP contribution in [0.3, 0.4) is 0 Å². The van der Waals surface area contributed by atoms with E-state index in [1.165, 1.54) is 22.3 Å². The van der Waals surface area contributed by atoms with Crippen LogP contribution in [0.1, 0.15) is 35.4 Å². The number of halogens is 2. The summed E-state index contributed by atoms with van der Waals surface area (Å²) in [5.74, 6) is 0.0173. The Kier molecular flexibility index (Phi) is 5.90. The van der Waals surface area contributed by atoms with E-state index in [2.05, 4.69) is 24.3 Å². The molecule has 2 aliphatic rings. The van der Waals surface area contributed by atoms with Gasteiger partial charge in [-0.2, -0.15) is 0 Å². The summed E-state index contributed by atoms with van der Waals surface area (Å²) in [6.07, 6.45) is 0.533. The molecule has 1 amide bonds. The molecule has 3 aromatic rings. The van der Waals surface area contributed by atoms with Crippen LogP contribution < -0.4 is 0 Å². The van der Waals surface area contributed by atoms with Gasteiger partial charge in [-0.15, -0.1) is 0 Å². The Morgan fingerprint density at radius 1 is 0.879 bits per heavy atom. The van der Waals surface area contributed by atoms with Gasteiger partial charge in [-0.1, -0.05) is 72.3 Å². The van der Waals surface area contributed by atoms with E-state index in [0.29, 0.717) is 31.0 Å². The Labute approximate surface area is 203 Å². The number of amides is 1. The first-order valence-corrected chi connectivity index (χ1v) is 11.8. The summed E-state index contributed by atoms with van der Waals surface area (Å²) in [6, 6.07) is 23.7. The summed E-state index contributed by atoms with van der Waals surface area (Å²) in [4.78, 5) is 27.0. The van der Waals surface area contributed by atoms with E-state index in [1.807, 2.05) is 36.4 Å². The highest BCUT2D eigenvalue weighted by molar-refractivity contribution is 6.65. The zero-order valence-corrected chi connectivity index (χ0v) is 19.5. The quantitative estimate of drug-likeness (QED) is 0.407. The van der Waals surface area contributed by atoms with E-state index in [0.717, 1.165) is 5.56 Å². The zero-order chi connectivity index (χ0) is 23.0. The Morgan fingerprint density at radius 3 is 1.97 bits per heavy atom. The third-order valence-electron chi connectivity index (χ3n) is 6.98. The van der Waals surface area contributed by atoms with Crippen molar-refractivity contribution in [3.8, 4) is 11.1 Å². The molecule has 0 radical (unpaired) electrons. The van der Waals surface area contributed by atoms with Gasteiger partial charge in [0.1, 0.15) is 6.61 Å². The maximum atomic E-state index is 12.9. The van der Waals surface area contributed by atoms with Gasteiger partial charge in [-0.25, -0.2) is 4.79 Å². The molecule has 4 nitrogen and oxygen atoms in total. The minimum Gasteiger partial charge on any atom is -0.448 e. The van der Waals surface area contributed by atoms with Crippen molar-refractivity contribution >= 4 is 34.5 Å². The number of carbonyl (C=O) groups is 2. The van der Waals surface area contributed by atoms with Crippen molar-refractivity contribution in [3.63, 3.8) is 0 Å². The normalized spacial score (nSPS) is 16.7. The lowest BCUT2D eigenvalue weighted by atomic mass is 9.74. The van der Waals surface area contributed by atoms with Crippen molar-refractivity contribution < 1.29 is 14.3 Å². The second-order valence-corrected chi connectivity index (χ2v) is 9.43. The first-order valence-electron chi connectivity index (χ1n) is 11.1. The predicted octanol–water partition coefficient (Wildman–Crippen LogP) is 6.39. The van der Waals surface area contributed by atoms with E-state index < -0.39 is 10.7 Å². The van der Waals surface area contributed by atoms with E-state index in [4.69, 9.17) is 27.9 Å². The van der Waals surface area contributed by atoms with Crippen molar-refractivity contribution in [1.82, 2.24) is 4.90 Å². The number of fused-ring (bicyclic) bond motifs is 3. The highest BCUT2D eigenvalue weighted by Gasteiger charge is 2.43. The molecule has 1 aliphatic heterocycles. The topological polar surface area (TPSA) is 46.6 Å². The molecule has 0 bridgehead atoms. The second kappa shape index (κ2) is 8.85. The molecule has 6 heteroatoms. The van der Waals surface area contributed by atoms with E-state index in [1.54, 1.807) is 17.0 Å². The van der Waals surface area contributed by atoms with E-state index in [-0.39, 0.29) is 18.6 Å². The van der Waals surface area contributed by atoms with Gasteiger partial charge in [0.05, 0.1) is 5.41 Å². The van der Waals surface area contributed by atoms with Gasteiger partial charge in [0.25, 0.3) is 0 Å². The first kappa shape index (κ1) is 22.0. The molecule has 0 unspecified atom stereocenters. The van der Waals surface area contributed by atoms with Gasteiger partial charge in [0.2, 0.25) is 5.24 Å². The van der Waals surface area contributed by atoms with Gasteiger partial charge in [0, 0.05) is 24.0 Å².